The van der Waals surface area contributed by atoms with Gasteiger partial charge in [0.15, 0.2) is 5.82 Å². The van der Waals surface area contributed by atoms with Crippen molar-refractivity contribution in [2.45, 2.75) is 33.2 Å². The Morgan fingerprint density at radius 1 is 1.41 bits per heavy atom. The molecule has 0 aliphatic rings. The number of aromatic nitrogens is 4. The van der Waals surface area contributed by atoms with Crippen molar-refractivity contribution < 1.29 is 0 Å². The van der Waals surface area contributed by atoms with Crippen molar-refractivity contribution in [2.75, 3.05) is 0 Å². The highest BCUT2D eigenvalue weighted by Crippen LogP contribution is 2.17. The predicted octanol–water partition coefficient (Wildman–Crippen LogP) is 1.17. The second kappa shape index (κ2) is 4.63. The molecule has 0 bridgehead atoms. The molecule has 1 atom stereocenters. The second-order valence-electron chi connectivity index (χ2n) is 4.32. The summed E-state index contributed by atoms with van der Waals surface area (Å²) in [5.74, 6) is 0.740. The zero-order valence-corrected chi connectivity index (χ0v) is 10.4. The molecule has 0 radical (unpaired) electrons. The molecule has 5 heteroatoms. The highest BCUT2D eigenvalue weighted by Gasteiger charge is 2.14. The molecule has 0 aliphatic carbocycles. The summed E-state index contributed by atoms with van der Waals surface area (Å²) < 4.78 is 1.82. The minimum atomic E-state index is 0.131. The lowest BCUT2D eigenvalue weighted by Crippen LogP contribution is -2.18. The van der Waals surface area contributed by atoms with E-state index in [9.17, 15) is 0 Å². The number of nitrogens with two attached hydrogens (primary N) is 1. The predicted molar refractivity (Wildman–Crippen MR) is 66.0 cm³/mol. The van der Waals surface area contributed by atoms with Crippen LogP contribution in [0.15, 0.2) is 18.3 Å². The van der Waals surface area contributed by atoms with E-state index in [1.54, 1.807) is 6.20 Å². The molecule has 0 saturated heterocycles. The van der Waals surface area contributed by atoms with Crippen molar-refractivity contribution in [1.82, 2.24) is 20.0 Å². The fourth-order valence-electron chi connectivity index (χ4n) is 1.92. The third-order valence-corrected chi connectivity index (χ3v) is 2.74. The van der Waals surface area contributed by atoms with Gasteiger partial charge in [0.25, 0.3) is 0 Å². The molecule has 2 rings (SSSR count). The van der Waals surface area contributed by atoms with Crippen molar-refractivity contribution in [3.63, 3.8) is 0 Å². The summed E-state index contributed by atoms with van der Waals surface area (Å²) in [6, 6.07) is 3.87. The molecule has 2 N–H and O–H groups in total. The molecule has 0 aliphatic heterocycles. The van der Waals surface area contributed by atoms with Crippen LogP contribution in [-0.4, -0.2) is 26.0 Å². The summed E-state index contributed by atoms with van der Waals surface area (Å²) in [6.45, 7) is 6.03. The molecule has 0 amide bonds. The fraction of sp³-hybridized carbons (Fsp3) is 0.417. The summed E-state index contributed by atoms with van der Waals surface area (Å²) in [7, 11) is 0. The Labute approximate surface area is 101 Å². The van der Waals surface area contributed by atoms with Crippen LogP contribution in [0, 0.1) is 13.8 Å². The van der Waals surface area contributed by atoms with Crippen LogP contribution < -0.4 is 5.73 Å². The lowest BCUT2D eigenvalue weighted by atomic mass is 10.1. The van der Waals surface area contributed by atoms with E-state index in [1.165, 1.54) is 5.56 Å². The van der Waals surface area contributed by atoms with Gasteiger partial charge in [0.05, 0.1) is 5.69 Å². The van der Waals surface area contributed by atoms with Crippen LogP contribution >= 0.6 is 0 Å². The van der Waals surface area contributed by atoms with Gasteiger partial charge in [-0.25, -0.2) is 4.68 Å². The maximum Gasteiger partial charge on any atom is 0.175 e. The van der Waals surface area contributed by atoms with Crippen LogP contribution in [0.25, 0.3) is 5.82 Å². The third kappa shape index (κ3) is 2.34. The largest absolute Gasteiger partial charge is 0.328 e. The molecule has 1 unspecified atom stereocenters. The van der Waals surface area contributed by atoms with Gasteiger partial charge in [0.1, 0.15) is 0 Å². The molecule has 0 saturated carbocycles. The van der Waals surface area contributed by atoms with Crippen molar-refractivity contribution in [2.24, 2.45) is 5.73 Å². The van der Waals surface area contributed by atoms with E-state index in [-0.39, 0.29) is 6.04 Å². The van der Waals surface area contributed by atoms with Crippen molar-refractivity contribution in [1.29, 1.82) is 0 Å². The Morgan fingerprint density at radius 2 is 2.18 bits per heavy atom. The number of nitrogens with zero attached hydrogens (tertiary/aromatic N) is 4. The molecular formula is C12H17N5. The van der Waals surface area contributed by atoms with Gasteiger partial charge in [0.2, 0.25) is 0 Å². The summed E-state index contributed by atoms with van der Waals surface area (Å²) in [5, 5.41) is 12.4. The van der Waals surface area contributed by atoms with E-state index < -0.39 is 0 Å². The van der Waals surface area contributed by atoms with Crippen LogP contribution in [0.4, 0.5) is 0 Å². The number of hydrogen-bond acceptors (Lipinski definition) is 4. The average molecular weight is 231 g/mol. The number of rotatable bonds is 3. The molecule has 2 heterocycles. The quantitative estimate of drug-likeness (QED) is 0.860. The van der Waals surface area contributed by atoms with Gasteiger partial charge in [-0.05, 0) is 44.9 Å². The zero-order valence-electron chi connectivity index (χ0n) is 10.4. The molecule has 0 aromatic carbocycles. The molecule has 5 nitrogen and oxygen atoms in total. The molecule has 2 aromatic rings. The topological polar surface area (TPSA) is 69.6 Å². The number of aryl methyl sites for hydroxylation is 1. The van der Waals surface area contributed by atoms with Gasteiger partial charge in [-0.1, -0.05) is 0 Å². The first kappa shape index (κ1) is 11.7. The Morgan fingerprint density at radius 3 is 2.76 bits per heavy atom. The molecule has 90 valence electrons. The summed E-state index contributed by atoms with van der Waals surface area (Å²) in [5.41, 5.74) is 9.13. The van der Waals surface area contributed by atoms with E-state index in [2.05, 4.69) is 15.3 Å². The van der Waals surface area contributed by atoms with Crippen LogP contribution in [0.3, 0.4) is 0 Å². The van der Waals surface area contributed by atoms with Gasteiger partial charge in [-0.2, -0.15) is 10.2 Å². The maximum absolute atomic E-state index is 5.85. The van der Waals surface area contributed by atoms with Gasteiger partial charge in [0, 0.05) is 17.9 Å². The van der Waals surface area contributed by atoms with Gasteiger partial charge in [-0.15, -0.1) is 5.10 Å². The van der Waals surface area contributed by atoms with Crippen molar-refractivity contribution in [3.05, 3.63) is 35.3 Å². The molecular weight excluding hydrogens is 214 g/mol. The minimum Gasteiger partial charge on any atom is -0.328 e. The monoisotopic (exact) mass is 231 g/mol. The first-order valence-corrected chi connectivity index (χ1v) is 5.68. The number of hydrogen-bond donors (Lipinski definition) is 1. The SMILES string of the molecule is Cc1nn(-c2cccnn2)c(C)c1CC(C)N. The Bertz CT molecular complexity index is 501. The molecule has 17 heavy (non-hydrogen) atoms. The van der Waals surface area contributed by atoms with Crippen LogP contribution in [0.2, 0.25) is 0 Å². The maximum atomic E-state index is 5.85. The standard InChI is InChI=1S/C12H17N5/c1-8(13)7-11-9(2)16-17(10(11)3)12-5-4-6-14-15-12/h4-6,8H,7,13H2,1-3H3. The second-order valence-corrected chi connectivity index (χ2v) is 4.32. The van der Waals surface area contributed by atoms with Crippen molar-refractivity contribution in [3.8, 4) is 5.82 Å². The first-order valence-electron chi connectivity index (χ1n) is 5.68. The molecule has 0 spiro atoms. The van der Waals surface area contributed by atoms with E-state index in [4.69, 9.17) is 5.73 Å². The van der Waals surface area contributed by atoms with Gasteiger partial charge < -0.3 is 5.73 Å². The lowest BCUT2D eigenvalue weighted by molar-refractivity contribution is 0.729. The normalized spacial score (nSPS) is 12.7. The van der Waals surface area contributed by atoms with E-state index in [1.807, 2.05) is 37.6 Å². The van der Waals surface area contributed by atoms with Crippen LogP contribution in [0.5, 0.6) is 0 Å². The smallest absolute Gasteiger partial charge is 0.175 e. The zero-order chi connectivity index (χ0) is 12.4. The molecule has 2 aromatic heterocycles. The Balaban J connectivity index is 2.44. The van der Waals surface area contributed by atoms with Gasteiger partial charge >= 0.3 is 0 Å². The minimum absolute atomic E-state index is 0.131. The van der Waals surface area contributed by atoms with E-state index >= 15 is 0 Å². The van der Waals surface area contributed by atoms with Crippen LogP contribution in [0.1, 0.15) is 23.9 Å². The fourth-order valence-corrected chi connectivity index (χ4v) is 1.92. The van der Waals surface area contributed by atoms with Crippen molar-refractivity contribution >= 4 is 0 Å². The van der Waals surface area contributed by atoms with E-state index in [0.717, 1.165) is 23.6 Å². The summed E-state index contributed by atoms with van der Waals surface area (Å²) in [6.07, 6.45) is 2.48. The summed E-state index contributed by atoms with van der Waals surface area (Å²) in [4.78, 5) is 0. The highest BCUT2D eigenvalue weighted by molar-refractivity contribution is 5.32. The summed E-state index contributed by atoms with van der Waals surface area (Å²) >= 11 is 0. The first-order chi connectivity index (χ1) is 8.09. The Kier molecular flexibility index (Phi) is 3.19. The lowest BCUT2D eigenvalue weighted by Gasteiger charge is -2.06. The van der Waals surface area contributed by atoms with Gasteiger partial charge in [-0.3, -0.25) is 0 Å². The third-order valence-electron chi connectivity index (χ3n) is 2.74. The Hall–Kier alpha value is -1.75. The molecule has 0 fully saturated rings. The van der Waals surface area contributed by atoms with Crippen LogP contribution in [-0.2, 0) is 6.42 Å². The highest BCUT2D eigenvalue weighted by atomic mass is 15.3. The van der Waals surface area contributed by atoms with E-state index in [0.29, 0.717) is 0 Å². The average Bonchev–Trinajstić information content (AvgIpc) is 2.58.